The van der Waals surface area contributed by atoms with Crippen LogP contribution in [-0.4, -0.2) is 26.3 Å². The Morgan fingerprint density at radius 3 is 2.29 bits per heavy atom. The Kier molecular flexibility index (Phi) is 5.47. The highest BCUT2D eigenvalue weighted by atomic mass is 79.9. The lowest BCUT2D eigenvalue weighted by atomic mass is 10.1. The van der Waals surface area contributed by atoms with Gasteiger partial charge in [-0.3, -0.25) is 4.79 Å². The average Bonchev–Trinajstić information content (AvgIpc) is 2.50. The molecule has 2 aromatic carbocycles. The van der Waals surface area contributed by atoms with Crippen LogP contribution in [0, 0.1) is 13.8 Å². The van der Waals surface area contributed by atoms with Crippen molar-refractivity contribution >= 4 is 31.9 Å². The average molecular weight is 411 g/mol. The molecule has 0 fully saturated rings. The van der Waals surface area contributed by atoms with E-state index in [1.165, 1.54) is 6.07 Å². The Bertz CT molecular complexity index is 877. The maximum atomic E-state index is 12.6. The number of carbonyl (C=O) groups is 1. The standard InChI is InChI=1S/C17H19BrN2O3S/c1-11-8-14(9-16(12(11)2)24(19,22)23)17(21)20(3)10-13-4-6-15(18)7-5-13/h4-9H,10H2,1-3H3,(H2,19,22,23). The third-order valence-electron chi connectivity index (χ3n) is 3.85. The molecule has 0 aliphatic heterocycles. The SMILES string of the molecule is Cc1cc(C(=O)N(C)Cc2ccc(Br)cc2)cc(S(N)(=O)=O)c1C. The van der Waals surface area contributed by atoms with Crippen LogP contribution in [0.1, 0.15) is 27.0 Å². The highest BCUT2D eigenvalue weighted by Gasteiger charge is 2.19. The van der Waals surface area contributed by atoms with Crippen molar-refractivity contribution in [1.82, 2.24) is 4.90 Å². The third-order valence-corrected chi connectivity index (χ3v) is 5.42. The number of rotatable bonds is 4. The zero-order chi connectivity index (χ0) is 18.1. The van der Waals surface area contributed by atoms with Crippen LogP contribution in [-0.2, 0) is 16.6 Å². The monoisotopic (exact) mass is 410 g/mol. The number of carbonyl (C=O) groups excluding carboxylic acids is 1. The molecule has 128 valence electrons. The minimum atomic E-state index is -3.88. The van der Waals surface area contributed by atoms with Crippen LogP contribution in [0.25, 0.3) is 0 Å². The lowest BCUT2D eigenvalue weighted by Crippen LogP contribution is -2.27. The van der Waals surface area contributed by atoms with E-state index in [1.54, 1.807) is 31.9 Å². The Hall–Kier alpha value is -1.70. The number of halogens is 1. The molecular weight excluding hydrogens is 392 g/mol. The second-order valence-corrected chi connectivity index (χ2v) is 8.19. The molecule has 1 amide bonds. The van der Waals surface area contributed by atoms with Gasteiger partial charge in [0, 0.05) is 23.6 Å². The number of hydrogen-bond acceptors (Lipinski definition) is 3. The molecule has 0 aliphatic carbocycles. The fourth-order valence-corrected chi connectivity index (χ4v) is 3.55. The quantitative estimate of drug-likeness (QED) is 0.840. The summed E-state index contributed by atoms with van der Waals surface area (Å²) in [5, 5.41) is 5.25. The van der Waals surface area contributed by atoms with Crippen molar-refractivity contribution in [1.29, 1.82) is 0 Å². The third kappa shape index (κ3) is 4.23. The minimum Gasteiger partial charge on any atom is -0.337 e. The molecule has 0 atom stereocenters. The van der Waals surface area contributed by atoms with Gasteiger partial charge in [-0.25, -0.2) is 13.6 Å². The molecule has 0 saturated carbocycles. The summed E-state index contributed by atoms with van der Waals surface area (Å²) in [6, 6.07) is 10.7. The van der Waals surface area contributed by atoms with Crippen LogP contribution in [0.15, 0.2) is 45.8 Å². The molecule has 0 heterocycles. The minimum absolute atomic E-state index is 0.0112. The summed E-state index contributed by atoms with van der Waals surface area (Å²) < 4.78 is 24.4. The molecule has 0 radical (unpaired) electrons. The number of nitrogens with zero attached hydrogens (tertiary/aromatic N) is 1. The second-order valence-electron chi connectivity index (χ2n) is 5.75. The van der Waals surface area contributed by atoms with Crippen molar-refractivity contribution in [2.24, 2.45) is 5.14 Å². The lowest BCUT2D eigenvalue weighted by Gasteiger charge is -2.19. The van der Waals surface area contributed by atoms with Crippen LogP contribution in [0.4, 0.5) is 0 Å². The van der Waals surface area contributed by atoms with Gasteiger partial charge >= 0.3 is 0 Å². The number of hydrogen-bond donors (Lipinski definition) is 1. The number of nitrogens with two attached hydrogens (primary N) is 1. The topological polar surface area (TPSA) is 80.5 Å². The van der Waals surface area contributed by atoms with Crippen molar-refractivity contribution in [2.75, 3.05) is 7.05 Å². The Morgan fingerprint density at radius 1 is 1.17 bits per heavy atom. The molecule has 5 nitrogen and oxygen atoms in total. The molecule has 2 N–H and O–H groups in total. The predicted octanol–water partition coefficient (Wildman–Crippen LogP) is 2.99. The van der Waals surface area contributed by atoms with Gasteiger partial charge in [-0.1, -0.05) is 28.1 Å². The highest BCUT2D eigenvalue weighted by molar-refractivity contribution is 9.10. The van der Waals surface area contributed by atoms with Crippen LogP contribution in [0.5, 0.6) is 0 Å². The van der Waals surface area contributed by atoms with E-state index in [2.05, 4.69) is 15.9 Å². The lowest BCUT2D eigenvalue weighted by molar-refractivity contribution is 0.0784. The molecule has 2 aromatic rings. The summed E-state index contributed by atoms with van der Waals surface area (Å²) >= 11 is 3.37. The van der Waals surface area contributed by atoms with Gasteiger partial charge in [-0.2, -0.15) is 0 Å². The molecule has 2 rings (SSSR count). The number of aryl methyl sites for hydroxylation is 1. The summed E-state index contributed by atoms with van der Waals surface area (Å²) in [6.07, 6.45) is 0. The van der Waals surface area contributed by atoms with E-state index < -0.39 is 10.0 Å². The van der Waals surface area contributed by atoms with Crippen LogP contribution >= 0.6 is 15.9 Å². The highest BCUT2D eigenvalue weighted by Crippen LogP contribution is 2.21. The van der Waals surface area contributed by atoms with E-state index in [0.717, 1.165) is 10.0 Å². The number of amides is 1. The molecule has 24 heavy (non-hydrogen) atoms. The largest absolute Gasteiger partial charge is 0.337 e. The fraction of sp³-hybridized carbons (Fsp3) is 0.235. The number of sulfonamides is 1. The first kappa shape index (κ1) is 18.6. The van der Waals surface area contributed by atoms with Gasteiger partial charge in [0.15, 0.2) is 0 Å². The predicted molar refractivity (Wildman–Crippen MR) is 97.2 cm³/mol. The van der Waals surface area contributed by atoms with Gasteiger partial charge < -0.3 is 4.90 Å². The summed E-state index contributed by atoms with van der Waals surface area (Å²) in [7, 11) is -2.20. The fourth-order valence-electron chi connectivity index (χ4n) is 2.40. The first-order valence-corrected chi connectivity index (χ1v) is 9.57. The summed E-state index contributed by atoms with van der Waals surface area (Å²) in [5.41, 5.74) is 2.55. The maximum Gasteiger partial charge on any atom is 0.253 e. The number of primary sulfonamides is 1. The normalized spacial score (nSPS) is 11.4. The van der Waals surface area contributed by atoms with Gasteiger partial charge in [0.2, 0.25) is 10.0 Å². The van der Waals surface area contributed by atoms with E-state index in [0.29, 0.717) is 23.2 Å². The first-order chi connectivity index (χ1) is 11.1. The molecule has 0 aliphatic rings. The Balaban J connectivity index is 2.32. The molecule has 0 aromatic heterocycles. The van der Waals surface area contributed by atoms with Gasteiger partial charge in [-0.05, 0) is 54.8 Å². The van der Waals surface area contributed by atoms with Crippen LogP contribution in [0.3, 0.4) is 0 Å². The number of benzene rings is 2. The molecule has 7 heteroatoms. The molecule has 0 bridgehead atoms. The van der Waals surface area contributed by atoms with E-state index in [1.807, 2.05) is 24.3 Å². The summed E-state index contributed by atoms with van der Waals surface area (Å²) in [6.45, 7) is 3.86. The maximum absolute atomic E-state index is 12.6. The molecule has 0 unspecified atom stereocenters. The van der Waals surface area contributed by atoms with E-state index in [9.17, 15) is 13.2 Å². The van der Waals surface area contributed by atoms with Crippen molar-refractivity contribution in [2.45, 2.75) is 25.3 Å². The van der Waals surface area contributed by atoms with Gasteiger partial charge in [-0.15, -0.1) is 0 Å². The van der Waals surface area contributed by atoms with Crippen molar-refractivity contribution in [3.63, 3.8) is 0 Å². The van der Waals surface area contributed by atoms with Crippen LogP contribution in [0.2, 0.25) is 0 Å². The Labute approximate surface area is 150 Å². The molecule has 0 saturated heterocycles. The zero-order valence-electron chi connectivity index (χ0n) is 13.7. The Morgan fingerprint density at radius 2 is 1.75 bits per heavy atom. The zero-order valence-corrected chi connectivity index (χ0v) is 16.1. The van der Waals surface area contributed by atoms with Gasteiger partial charge in [0.05, 0.1) is 4.90 Å². The first-order valence-electron chi connectivity index (χ1n) is 7.23. The summed E-state index contributed by atoms with van der Waals surface area (Å²) in [5.74, 6) is -0.258. The van der Waals surface area contributed by atoms with Crippen molar-refractivity contribution in [3.05, 3.63) is 63.1 Å². The van der Waals surface area contributed by atoms with Crippen molar-refractivity contribution in [3.8, 4) is 0 Å². The molecule has 0 spiro atoms. The van der Waals surface area contributed by atoms with Crippen LogP contribution < -0.4 is 5.14 Å². The van der Waals surface area contributed by atoms with E-state index in [4.69, 9.17) is 5.14 Å². The van der Waals surface area contributed by atoms with Crippen molar-refractivity contribution < 1.29 is 13.2 Å². The van der Waals surface area contributed by atoms with Gasteiger partial charge in [0.1, 0.15) is 0 Å². The van der Waals surface area contributed by atoms with E-state index >= 15 is 0 Å². The second kappa shape index (κ2) is 7.04. The molecular formula is C17H19BrN2O3S. The smallest absolute Gasteiger partial charge is 0.253 e. The summed E-state index contributed by atoms with van der Waals surface area (Å²) in [4.78, 5) is 14.2. The van der Waals surface area contributed by atoms with Gasteiger partial charge in [0.25, 0.3) is 5.91 Å². The van der Waals surface area contributed by atoms with E-state index in [-0.39, 0.29) is 10.8 Å².